The van der Waals surface area contributed by atoms with Gasteiger partial charge in [0.25, 0.3) is 0 Å². The van der Waals surface area contributed by atoms with E-state index in [2.05, 4.69) is 15.3 Å². The number of rotatable bonds is 3. The minimum Gasteiger partial charge on any atom is -0.491 e. The van der Waals surface area contributed by atoms with Crippen LogP contribution in [0.5, 0.6) is 5.75 Å². The van der Waals surface area contributed by atoms with Gasteiger partial charge in [0, 0.05) is 17.5 Å². The molecule has 0 fully saturated rings. The number of furan rings is 1. The molecule has 3 aromatic rings. The average Bonchev–Trinajstić information content (AvgIpc) is 2.88. The minimum atomic E-state index is 0.542. The number of nitrogens with zero attached hydrogens (tertiary/aromatic N) is 2. The predicted octanol–water partition coefficient (Wildman–Crippen LogP) is 3.59. The molecule has 0 aliphatic carbocycles. The van der Waals surface area contributed by atoms with Crippen molar-refractivity contribution in [3.8, 4) is 17.2 Å². The third kappa shape index (κ3) is 2.06. The van der Waals surface area contributed by atoms with E-state index in [1.165, 1.54) is 6.33 Å². The lowest BCUT2D eigenvalue weighted by atomic mass is 10.2. The molecule has 2 heterocycles. The van der Waals surface area contributed by atoms with Gasteiger partial charge in [-0.05, 0) is 24.3 Å². The van der Waals surface area contributed by atoms with Crippen LogP contribution < -0.4 is 10.1 Å². The fourth-order valence-electron chi connectivity index (χ4n) is 2.05. The molecular formula is C14H12ClN3O2. The Morgan fingerprint density at radius 2 is 2.10 bits per heavy atom. The molecule has 20 heavy (non-hydrogen) atoms. The number of fused-ring (bicyclic) bond motifs is 1. The lowest BCUT2D eigenvalue weighted by Gasteiger charge is -2.09. The molecule has 0 saturated heterocycles. The topological polar surface area (TPSA) is 60.2 Å². The molecule has 6 heteroatoms. The smallest absolute Gasteiger partial charge is 0.190 e. The minimum absolute atomic E-state index is 0.542. The summed E-state index contributed by atoms with van der Waals surface area (Å²) >= 11 is 5.98. The number of hydrogen-bond donors (Lipinski definition) is 1. The van der Waals surface area contributed by atoms with Crippen LogP contribution in [0.2, 0.25) is 5.02 Å². The zero-order valence-corrected chi connectivity index (χ0v) is 11.7. The number of anilines is 1. The van der Waals surface area contributed by atoms with E-state index in [4.69, 9.17) is 20.8 Å². The van der Waals surface area contributed by atoms with E-state index in [1.807, 2.05) is 18.2 Å². The molecule has 1 N–H and O–H groups in total. The normalized spacial score (nSPS) is 10.8. The molecule has 5 nitrogen and oxygen atoms in total. The van der Waals surface area contributed by atoms with Gasteiger partial charge in [-0.1, -0.05) is 11.6 Å². The second kappa shape index (κ2) is 5.02. The van der Waals surface area contributed by atoms with Crippen molar-refractivity contribution < 1.29 is 9.15 Å². The number of nitrogens with one attached hydrogen (secondary N) is 1. The Labute approximate surface area is 120 Å². The van der Waals surface area contributed by atoms with Crippen molar-refractivity contribution in [2.75, 3.05) is 19.5 Å². The first-order chi connectivity index (χ1) is 9.72. The molecule has 0 bridgehead atoms. The summed E-state index contributed by atoms with van der Waals surface area (Å²) in [5.74, 6) is 1.76. The van der Waals surface area contributed by atoms with Crippen LogP contribution in [0.25, 0.3) is 22.4 Å². The highest BCUT2D eigenvalue weighted by Gasteiger charge is 2.16. The maximum atomic E-state index is 5.98. The van der Waals surface area contributed by atoms with Crippen molar-refractivity contribution in [1.82, 2.24) is 9.97 Å². The number of halogens is 1. The summed E-state index contributed by atoms with van der Waals surface area (Å²) in [6, 6.07) is 7.34. The number of hydrogen-bond acceptors (Lipinski definition) is 5. The zero-order valence-electron chi connectivity index (χ0n) is 11.0. The Balaban J connectivity index is 2.20. The van der Waals surface area contributed by atoms with Crippen LogP contribution in [-0.4, -0.2) is 24.1 Å². The number of methoxy groups -OCH3 is 1. The first kappa shape index (κ1) is 12.7. The van der Waals surface area contributed by atoms with Crippen LogP contribution in [0.4, 0.5) is 5.82 Å². The SMILES string of the molecule is CNc1ncnc(-c2cc3cc(Cl)ccc3o2)c1OC. The Morgan fingerprint density at radius 1 is 1.25 bits per heavy atom. The van der Waals surface area contributed by atoms with Gasteiger partial charge >= 0.3 is 0 Å². The van der Waals surface area contributed by atoms with Crippen LogP contribution in [0.15, 0.2) is 35.0 Å². The monoisotopic (exact) mass is 289 g/mol. The summed E-state index contributed by atoms with van der Waals surface area (Å²) in [6.45, 7) is 0. The van der Waals surface area contributed by atoms with Gasteiger partial charge in [0.15, 0.2) is 23.0 Å². The molecular weight excluding hydrogens is 278 g/mol. The van der Waals surface area contributed by atoms with E-state index in [-0.39, 0.29) is 0 Å². The molecule has 102 valence electrons. The van der Waals surface area contributed by atoms with Crippen molar-refractivity contribution in [2.45, 2.75) is 0 Å². The van der Waals surface area contributed by atoms with E-state index >= 15 is 0 Å². The molecule has 3 rings (SSSR count). The van der Waals surface area contributed by atoms with Gasteiger partial charge in [0.05, 0.1) is 7.11 Å². The second-order valence-corrected chi connectivity index (χ2v) is 4.58. The predicted molar refractivity (Wildman–Crippen MR) is 78.3 cm³/mol. The summed E-state index contributed by atoms with van der Waals surface area (Å²) in [4.78, 5) is 8.36. The number of aromatic nitrogens is 2. The summed E-state index contributed by atoms with van der Waals surface area (Å²) in [7, 11) is 3.34. The second-order valence-electron chi connectivity index (χ2n) is 4.15. The average molecular weight is 290 g/mol. The highest BCUT2D eigenvalue weighted by Crippen LogP contribution is 2.36. The molecule has 0 amide bonds. The number of ether oxygens (including phenoxy) is 1. The van der Waals surface area contributed by atoms with Gasteiger partial charge in [-0.3, -0.25) is 0 Å². The first-order valence-corrected chi connectivity index (χ1v) is 6.37. The fourth-order valence-corrected chi connectivity index (χ4v) is 2.23. The Kier molecular flexibility index (Phi) is 3.20. The molecule has 0 saturated carbocycles. The van der Waals surface area contributed by atoms with Crippen molar-refractivity contribution in [3.63, 3.8) is 0 Å². The Hall–Kier alpha value is -2.27. The lowest BCUT2D eigenvalue weighted by Crippen LogP contribution is -2.00. The molecule has 2 aromatic heterocycles. The van der Waals surface area contributed by atoms with Gasteiger partial charge in [-0.15, -0.1) is 0 Å². The number of benzene rings is 1. The van der Waals surface area contributed by atoms with Crippen LogP contribution in [0.3, 0.4) is 0 Å². The Morgan fingerprint density at radius 3 is 2.85 bits per heavy atom. The lowest BCUT2D eigenvalue weighted by molar-refractivity contribution is 0.413. The molecule has 0 atom stereocenters. The van der Waals surface area contributed by atoms with Crippen LogP contribution in [0, 0.1) is 0 Å². The van der Waals surface area contributed by atoms with Crippen LogP contribution in [-0.2, 0) is 0 Å². The summed E-state index contributed by atoms with van der Waals surface area (Å²) in [5, 5.41) is 4.54. The molecule has 0 unspecified atom stereocenters. The van der Waals surface area contributed by atoms with Gasteiger partial charge in [0.1, 0.15) is 11.9 Å². The summed E-state index contributed by atoms with van der Waals surface area (Å²) in [6.07, 6.45) is 1.46. The van der Waals surface area contributed by atoms with Gasteiger partial charge < -0.3 is 14.5 Å². The molecule has 1 aromatic carbocycles. The van der Waals surface area contributed by atoms with Gasteiger partial charge in [-0.2, -0.15) is 0 Å². The largest absolute Gasteiger partial charge is 0.491 e. The van der Waals surface area contributed by atoms with Crippen molar-refractivity contribution in [3.05, 3.63) is 35.6 Å². The van der Waals surface area contributed by atoms with Gasteiger partial charge in [-0.25, -0.2) is 9.97 Å². The molecule has 0 aliphatic rings. The molecule has 0 spiro atoms. The van der Waals surface area contributed by atoms with Crippen molar-refractivity contribution >= 4 is 28.4 Å². The highest BCUT2D eigenvalue weighted by atomic mass is 35.5. The first-order valence-electron chi connectivity index (χ1n) is 5.99. The third-order valence-electron chi connectivity index (χ3n) is 2.96. The third-order valence-corrected chi connectivity index (χ3v) is 3.19. The van der Waals surface area contributed by atoms with E-state index in [1.54, 1.807) is 20.2 Å². The van der Waals surface area contributed by atoms with E-state index in [9.17, 15) is 0 Å². The van der Waals surface area contributed by atoms with E-state index in [0.717, 1.165) is 11.0 Å². The van der Waals surface area contributed by atoms with Crippen molar-refractivity contribution in [1.29, 1.82) is 0 Å². The zero-order chi connectivity index (χ0) is 14.1. The van der Waals surface area contributed by atoms with Crippen LogP contribution in [0.1, 0.15) is 0 Å². The maximum Gasteiger partial charge on any atom is 0.190 e. The standard InChI is InChI=1S/C14H12ClN3O2/c1-16-14-13(19-2)12(17-7-18-14)11-6-8-5-9(15)3-4-10(8)20-11/h3-7H,1-2H3,(H,16,17,18). The van der Waals surface area contributed by atoms with E-state index < -0.39 is 0 Å². The van der Waals surface area contributed by atoms with Gasteiger partial charge in [0.2, 0.25) is 0 Å². The van der Waals surface area contributed by atoms with Crippen molar-refractivity contribution in [2.24, 2.45) is 0 Å². The maximum absolute atomic E-state index is 5.98. The molecule has 0 radical (unpaired) electrons. The summed E-state index contributed by atoms with van der Waals surface area (Å²) in [5.41, 5.74) is 1.34. The molecule has 0 aliphatic heterocycles. The quantitative estimate of drug-likeness (QED) is 0.798. The van der Waals surface area contributed by atoms with E-state index in [0.29, 0.717) is 28.0 Å². The fraction of sp³-hybridized carbons (Fsp3) is 0.143. The van der Waals surface area contributed by atoms with Crippen LogP contribution >= 0.6 is 11.6 Å². The Bertz CT molecular complexity index is 770. The summed E-state index contributed by atoms with van der Waals surface area (Å²) < 4.78 is 11.2. The highest BCUT2D eigenvalue weighted by molar-refractivity contribution is 6.31.